The molecule has 2 fully saturated rings. The Bertz CT molecular complexity index is 193. The molecule has 0 aromatic carbocycles. The minimum atomic E-state index is 0.701. The molecular formula is C14H28N2. The van der Waals surface area contributed by atoms with E-state index in [4.69, 9.17) is 0 Å². The SMILES string of the molecule is CCNC(C)CCCN1CC2CCCC2C1. The number of hydrogen-bond acceptors (Lipinski definition) is 2. The Morgan fingerprint density at radius 2 is 1.94 bits per heavy atom. The second-order valence-electron chi connectivity index (χ2n) is 5.81. The Morgan fingerprint density at radius 1 is 1.25 bits per heavy atom. The van der Waals surface area contributed by atoms with Gasteiger partial charge in [0.05, 0.1) is 0 Å². The zero-order chi connectivity index (χ0) is 11.4. The van der Waals surface area contributed by atoms with Crippen LogP contribution in [0.5, 0.6) is 0 Å². The maximum Gasteiger partial charge on any atom is 0.00390 e. The number of nitrogens with zero attached hydrogens (tertiary/aromatic N) is 1. The molecule has 1 heterocycles. The summed E-state index contributed by atoms with van der Waals surface area (Å²) < 4.78 is 0. The van der Waals surface area contributed by atoms with Gasteiger partial charge in [0.1, 0.15) is 0 Å². The van der Waals surface area contributed by atoms with Crippen molar-refractivity contribution in [1.82, 2.24) is 10.2 Å². The summed E-state index contributed by atoms with van der Waals surface area (Å²) in [7, 11) is 0. The third kappa shape index (κ3) is 3.21. The lowest BCUT2D eigenvalue weighted by atomic mass is 10.0. The molecule has 0 amide bonds. The quantitative estimate of drug-likeness (QED) is 0.746. The Labute approximate surface area is 101 Å². The second kappa shape index (κ2) is 6.02. The highest BCUT2D eigenvalue weighted by Gasteiger charge is 2.35. The molecule has 0 spiro atoms. The van der Waals surface area contributed by atoms with Crippen LogP contribution in [0.15, 0.2) is 0 Å². The molecule has 2 nitrogen and oxygen atoms in total. The van der Waals surface area contributed by atoms with Crippen molar-refractivity contribution >= 4 is 0 Å². The zero-order valence-corrected chi connectivity index (χ0v) is 11.0. The summed E-state index contributed by atoms with van der Waals surface area (Å²) in [6.45, 7) is 9.75. The van der Waals surface area contributed by atoms with Crippen molar-refractivity contribution in [2.75, 3.05) is 26.2 Å². The van der Waals surface area contributed by atoms with Crippen molar-refractivity contribution in [3.63, 3.8) is 0 Å². The van der Waals surface area contributed by atoms with Crippen molar-refractivity contribution in [1.29, 1.82) is 0 Å². The third-order valence-electron chi connectivity index (χ3n) is 4.47. The highest BCUT2D eigenvalue weighted by atomic mass is 15.2. The maximum absolute atomic E-state index is 3.49. The lowest BCUT2D eigenvalue weighted by molar-refractivity contribution is 0.298. The van der Waals surface area contributed by atoms with Gasteiger partial charge in [0.2, 0.25) is 0 Å². The number of fused-ring (bicyclic) bond motifs is 1. The van der Waals surface area contributed by atoms with E-state index < -0.39 is 0 Å². The van der Waals surface area contributed by atoms with Crippen LogP contribution in [0.2, 0.25) is 0 Å². The molecule has 1 saturated carbocycles. The summed E-state index contributed by atoms with van der Waals surface area (Å²) in [6.07, 6.45) is 7.22. The third-order valence-corrected chi connectivity index (χ3v) is 4.47. The van der Waals surface area contributed by atoms with E-state index in [1.807, 2.05) is 0 Å². The molecule has 16 heavy (non-hydrogen) atoms. The van der Waals surface area contributed by atoms with E-state index in [0.717, 1.165) is 18.4 Å². The van der Waals surface area contributed by atoms with E-state index in [2.05, 4.69) is 24.1 Å². The Balaban J connectivity index is 1.57. The Morgan fingerprint density at radius 3 is 2.56 bits per heavy atom. The molecule has 3 unspecified atom stereocenters. The zero-order valence-electron chi connectivity index (χ0n) is 11.0. The summed E-state index contributed by atoms with van der Waals surface area (Å²) in [6, 6.07) is 0.701. The molecule has 3 atom stereocenters. The van der Waals surface area contributed by atoms with Gasteiger partial charge >= 0.3 is 0 Å². The summed E-state index contributed by atoms with van der Waals surface area (Å²) in [5.74, 6) is 2.12. The van der Waals surface area contributed by atoms with Crippen LogP contribution in [0.3, 0.4) is 0 Å². The van der Waals surface area contributed by atoms with Crippen LogP contribution in [0.25, 0.3) is 0 Å². The van der Waals surface area contributed by atoms with Crippen LogP contribution >= 0.6 is 0 Å². The lowest BCUT2D eigenvalue weighted by Crippen LogP contribution is -2.28. The van der Waals surface area contributed by atoms with E-state index >= 15 is 0 Å². The molecule has 0 radical (unpaired) electrons. The van der Waals surface area contributed by atoms with Gasteiger partial charge in [-0.15, -0.1) is 0 Å². The topological polar surface area (TPSA) is 15.3 Å². The van der Waals surface area contributed by atoms with Gasteiger partial charge in [-0.25, -0.2) is 0 Å². The summed E-state index contributed by atoms with van der Waals surface area (Å²) in [5, 5.41) is 3.49. The molecule has 1 aliphatic heterocycles. The van der Waals surface area contributed by atoms with Gasteiger partial charge in [-0.2, -0.15) is 0 Å². The average Bonchev–Trinajstić information content (AvgIpc) is 2.78. The van der Waals surface area contributed by atoms with Gasteiger partial charge in [0, 0.05) is 19.1 Å². The lowest BCUT2D eigenvalue weighted by Gasteiger charge is -2.18. The highest BCUT2D eigenvalue weighted by Crippen LogP contribution is 2.37. The molecule has 94 valence electrons. The monoisotopic (exact) mass is 224 g/mol. The predicted molar refractivity (Wildman–Crippen MR) is 69.6 cm³/mol. The first-order valence-electron chi connectivity index (χ1n) is 7.25. The largest absolute Gasteiger partial charge is 0.315 e. The number of hydrogen-bond donors (Lipinski definition) is 1. The molecule has 0 aromatic heterocycles. The van der Waals surface area contributed by atoms with E-state index in [1.54, 1.807) is 0 Å². The number of nitrogens with one attached hydrogen (secondary N) is 1. The van der Waals surface area contributed by atoms with Crippen molar-refractivity contribution in [2.24, 2.45) is 11.8 Å². The molecular weight excluding hydrogens is 196 g/mol. The summed E-state index contributed by atoms with van der Waals surface area (Å²) in [5.41, 5.74) is 0. The minimum Gasteiger partial charge on any atom is -0.315 e. The maximum atomic E-state index is 3.49. The van der Waals surface area contributed by atoms with Crippen molar-refractivity contribution in [2.45, 2.75) is 52.0 Å². The highest BCUT2D eigenvalue weighted by molar-refractivity contribution is 4.88. The molecule has 2 heteroatoms. The fraction of sp³-hybridized carbons (Fsp3) is 1.00. The van der Waals surface area contributed by atoms with Crippen LogP contribution in [-0.4, -0.2) is 37.1 Å². The average molecular weight is 224 g/mol. The van der Waals surface area contributed by atoms with Crippen LogP contribution in [0.1, 0.15) is 46.0 Å². The first-order valence-corrected chi connectivity index (χ1v) is 7.25. The van der Waals surface area contributed by atoms with Crippen LogP contribution in [0, 0.1) is 11.8 Å². The fourth-order valence-electron chi connectivity index (χ4n) is 3.59. The van der Waals surface area contributed by atoms with Gasteiger partial charge in [0.15, 0.2) is 0 Å². The molecule has 1 aliphatic carbocycles. The molecule has 1 saturated heterocycles. The second-order valence-corrected chi connectivity index (χ2v) is 5.81. The molecule has 0 aromatic rings. The first-order chi connectivity index (χ1) is 7.79. The van der Waals surface area contributed by atoms with Gasteiger partial charge in [-0.1, -0.05) is 13.3 Å². The van der Waals surface area contributed by atoms with Gasteiger partial charge in [-0.05, 0) is 57.5 Å². The summed E-state index contributed by atoms with van der Waals surface area (Å²) >= 11 is 0. The Hall–Kier alpha value is -0.0800. The predicted octanol–water partition coefficient (Wildman–Crippen LogP) is 2.50. The molecule has 2 aliphatic rings. The molecule has 2 rings (SSSR count). The van der Waals surface area contributed by atoms with Gasteiger partial charge in [-0.3, -0.25) is 0 Å². The summed E-state index contributed by atoms with van der Waals surface area (Å²) in [4.78, 5) is 2.72. The Kier molecular flexibility index (Phi) is 4.66. The van der Waals surface area contributed by atoms with Crippen LogP contribution < -0.4 is 5.32 Å². The minimum absolute atomic E-state index is 0.701. The van der Waals surface area contributed by atoms with Crippen molar-refractivity contribution in [3.05, 3.63) is 0 Å². The number of rotatable bonds is 6. The van der Waals surface area contributed by atoms with E-state index in [9.17, 15) is 0 Å². The van der Waals surface area contributed by atoms with E-state index in [-0.39, 0.29) is 0 Å². The van der Waals surface area contributed by atoms with Crippen molar-refractivity contribution in [3.8, 4) is 0 Å². The van der Waals surface area contributed by atoms with Crippen LogP contribution in [0.4, 0.5) is 0 Å². The van der Waals surface area contributed by atoms with Gasteiger partial charge < -0.3 is 10.2 Å². The molecule has 1 N–H and O–H groups in total. The first kappa shape index (κ1) is 12.4. The van der Waals surface area contributed by atoms with Crippen molar-refractivity contribution < 1.29 is 0 Å². The normalized spacial score (nSPS) is 31.9. The fourth-order valence-corrected chi connectivity index (χ4v) is 3.59. The van der Waals surface area contributed by atoms with Crippen LogP contribution in [-0.2, 0) is 0 Å². The van der Waals surface area contributed by atoms with Gasteiger partial charge in [0.25, 0.3) is 0 Å². The standard InChI is InChI=1S/C14H28N2/c1-3-15-12(2)6-5-9-16-10-13-7-4-8-14(13)11-16/h12-15H,3-11H2,1-2H3. The number of likely N-dealkylation sites (tertiary alicyclic amines) is 1. The van der Waals surface area contributed by atoms with E-state index in [1.165, 1.54) is 51.7 Å². The van der Waals surface area contributed by atoms with E-state index in [0.29, 0.717) is 6.04 Å². The molecule has 0 bridgehead atoms. The smallest absolute Gasteiger partial charge is 0.00390 e.